The van der Waals surface area contributed by atoms with Gasteiger partial charge in [-0.15, -0.1) is 0 Å². The van der Waals surface area contributed by atoms with E-state index in [1.807, 2.05) is 42.5 Å². The molecule has 0 aromatic heterocycles. The summed E-state index contributed by atoms with van der Waals surface area (Å²) in [6.07, 6.45) is 0. The molecule has 0 spiro atoms. The number of nitrogens with two attached hydrogens (primary N) is 1. The van der Waals surface area contributed by atoms with Gasteiger partial charge in [-0.3, -0.25) is 4.79 Å². The van der Waals surface area contributed by atoms with Crippen molar-refractivity contribution in [1.29, 1.82) is 0 Å². The molecule has 0 bridgehead atoms. The third-order valence-electron chi connectivity index (χ3n) is 2.65. The van der Waals surface area contributed by atoms with E-state index in [1.165, 1.54) is 0 Å². The van der Waals surface area contributed by atoms with Crippen molar-refractivity contribution in [2.24, 2.45) is 5.73 Å². The van der Waals surface area contributed by atoms with E-state index in [9.17, 15) is 4.79 Å². The van der Waals surface area contributed by atoms with Gasteiger partial charge in [0.1, 0.15) is 5.75 Å². The number of anilines is 1. The molecule has 5 heteroatoms. The van der Waals surface area contributed by atoms with Crippen molar-refractivity contribution in [3.05, 3.63) is 57.7 Å². The van der Waals surface area contributed by atoms with E-state index >= 15 is 0 Å². The zero-order valence-electron chi connectivity index (χ0n) is 10.8. The van der Waals surface area contributed by atoms with Gasteiger partial charge in [-0.25, -0.2) is 0 Å². The Balaban J connectivity index is 1.90. The number of carbonyl (C=O) groups is 1. The maximum absolute atomic E-state index is 11.8. The second kappa shape index (κ2) is 7.25. The Morgan fingerprint density at radius 1 is 1.20 bits per heavy atom. The third kappa shape index (κ3) is 4.21. The van der Waals surface area contributed by atoms with Crippen LogP contribution in [0.15, 0.2) is 48.5 Å². The lowest BCUT2D eigenvalue weighted by Crippen LogP contribution is -2.20. The van der Waals surface area contributed by atoms with Gasteiger partial charge in [0.25, 0.3) is 5.91 Å². The van der Waals surface area contributed by atoms with E-state index in [2.05, 4.69) is 27.9 Å². The van der Waals surface area contributed by atoms with Gasteiger partial charge >= 0.3 is 0 Å². The molecule has 0 atom stereocenters. The second-order valence-corrected chi connectivity index (χ2v) is 5.33. The molecule has 0 saturated carbocycles. The monoisotopic (exact) mass is 382 g/mol. The summed E-state index contributed by atoms with van der Waals surface area (Å²) in [5.41, 5.74) is 7.32. The molecule has 104 valence electrons. The molecule has 0 saturated heterocycles. The number of nitrogens with one attached hydrogen (secondary N) is 1. The van der Waals surface area contributed by atoms with E-state index in [4.69, 9.17) is 10.5 Å². The molecule has 2 rings (SSSR count). The van der Waals surface area contributed by atoms with Gasteiger partial charge in [0.05, 0.1) is 5.69 Å². The van der Waals surface area contributed by atoms with Crippen LogP contribution in [0.25, 0.3) is 0 Å². The predicted molar refractivity (Wildman–Crippen MR) is 87.6 cm³/mol. The van der Waals surface area contributed by atoms with Crippen LogP contribution >= 0.6 is 22.6 Å². The molecule has 4 nitrogen and oxygen atoms in total. The molecule has 2 aromatic carbocycles. The summed E-state index contributed by atoms with van der Waals surface area (Å²) >= 11 is 2.17. The van der Waals surface area contributed by atoms with E-state index in [-0.39, 0.29) is 12.5 Å². The molecule has 0 radical (unpaired) electrons. The van der Waals surface area contributed by atoms with Crippen molar-refractivity contribution in [3.8, 4) is 5.75 Å². The number of halogens is 1. The minimum Gasteiger partial charge on any atom is -0.484 e. The molecule has 2 aromatic rings. The van der Waals surface area contributed by atoms with Gasteiger partial charge in [0.2, 0.25) is 0 Å². The van der Waals surface area contributed by atoms with E-state index in [0.717, 1.165) is 14.8 Å². The SMILES string of the molecule is NCc1cccc(OCC(=O)Nc2ccccc2I)c1. The highest BCUT2D eigenvalue weighted by molar-refractivity contribution is 14.1. The van der Waals surface area contributed by atoms with Gasteiger partial charge < -0.3 is 15.8 Å². The van der Waals surface area contributed by atoms with Crippen molar-refractivity contribution in [2.45, 2.75) is 6.54 Å². The molecule has 3 N–H and O–H groups in total. The molecule has 0 fully saturated rings. The van der Waals surface area contributed by atoms with Gasteiger partial charge in [0, 0.05) is 10.1 Å². The fourth-order valence-electron chi connectivity index (χ4n) is 1.66. The smallest absolute Gasteiger partial charge is 0.262 e. The van der Waals surface area contributed by atoms with Crippen LogP contribution in [0.3, 0.4) is 0 Å². The number of para-hydroxylation sites is 1. The molecule has 0 aliphatic carbocycles. The summed E-state index contributed by atoms with van der Waals surface area (Å²) in [6.45, 7) is 0.421. The van der Waals surface area contributed by atoms with Crippen LogP contribution in [-0.2, 0) is 11.3 Å². The molecule has 20 heavy (non-hydrogen) atoms. The highest BCUT2D eigenvalue weighted by Crippen LogP contribution is 2.17. The number of rotatable bonds is 5. The van der Waals surface area contributed by atoms with Crippen LogP contribution in [0.5, 0.6) is 5.75 Å². The number of amides is 1. The minimum atomic E-state index is -0.188. The number of benzene rings is 2. The van der Waals surface area contributed by atoms with Crippen molar-refractivity contribution < 1.29 is 9.53 Å². The quantitative estimate of drug-likeness (QED) is 0.782. The summed E-state index contributed by atoms with van der Waals surface area (Å²) in [5, 5.41) is 2.81. The minimum absolute atomic E-state index is 0.0288. The zero-order valence-corrected chi connectivity index (χ0v) is 13.0. The highest BCUT2D eigenvalue weighted by atomic mass is 127. The van der Waals surface area contributed by atoms with Crippen molar-refractivity contribution in [1.82, 2.24) is 0 Å². The van der Waals surface area contributed by atoms with Crippen molar-refractivity contribution >= 4 is 34.2 Å². The van der Waals surface area contributed by atoms with E-state index < -0.39 is 0 Å². The molecule has 0 unspecified atom stereocenters. The number of hydrogen-bond donors (Lipinski definition) is 2. The molecular formula is C15H15IN2O2. The maximum atomic E-state index is 11.8. The first kappa shape index (κ1) is 14.8. The van der Waals surface area contributed by atoms with Gasteiger partial charge in [-0.1, -0.05) is 24.3 Å². The Morgan fingerprint density at radius 2 is 2.00 bits per heavy atom. The maximum Gasteiger partial charge on any atom is 0.262 e. The third-order valence-corrected chi connectivity index (χ3v) is 3.59. The lowest BCUT2D eigenvalue weighted by Gasteiger charge is -2.09. The molecule has 1 amide bonds. The fraction of sp³-hybridized carbons (Fsp3) is 0.133. The van der Waals surface area contributed by atoms with Crippen LogP contribution in [-0.4, -0.2) is 12.5 Å². The predicted octanol–water partition coefficient (Wildman–Crippen LogP) is 2.77. The normalized spacial score (nSPS) is 10.1. The standard InChI is InChI=1S/C15H15IN2O2/c16-13-6-1-2-7-14(13)18-15(19)10-20-12-5-3-4-11(8-12)9-17/h1-8H,9-10,17H2,(H,18,19). The topological polar surface area (TPSA) is 64.3 Å². The summed E-state index contributed by atoms with van der Waals surface area (Å²) in [7, 11) is 0. The first-order chi connectivity index (χ1) is 9.69. The first-order valence-corrected chi connectivity index (χ1v) is 7.23. The zero-order chi connectivity index (χ0) is 14.4. The van der Waals surface area contributed by atoms with Crippen LogP contribution in [0.2, 0.25) is 0 Å². The first-order valence-electron chi connectivity index (χ1n) is 6.15. The lowest BCUT2D eigenvalue weighted by atomic mass is 10.2. The van der Waals surface area contributed by atoms with Gasteiger partial charge in [-0.05, 0) is 52.4 Å². The fourth-order valence-corrected chi connectivity index (χ4v) is 2.18. The van der Waals surface area contributed by atoms with Crippen LogP contribution < -0.4 is 15.8 Å². The Kier molecular flexibility index (Phi) is 5.37. The molecule has 0 aliphatic rings. The summed E-state index contributed by atoms with van der Waals surface area (Å²) in [6, 6.07) is 15.0. The molecule has 0 heterocycles. The van der Waals surface area contributed by atoms with Crippen LogP contribution in [0.1, 0.15) is 5.56 Å². The number of hydrogen-bond acceptors (Lipinski definition) is 3. The van der Waals surface area contributed by atoms with E-state index in [0.29, 0.717) is 12.3 Å². The van der Waals surface area contributed by atoms with Crippen LogP contribution in [0.4, 0.5) is 5.69 Å². The highest BCUT2D eigenvalue weighted by Gasteiger charge is 2.06. The second-order valence-electron chi connectivity index (χ2n) is 4.17. The summed E-state index contributed by atoms with van der Waals surface area (Å²) in [4.78, 5) is 11.8. The largest absolute Gasteiger partial charge is 0.484 e. The van der Waals surface area contributed by atoms with Crippen LogP contribution in [0, 0.1) is 3.57 Å². The van der Waals surface area contributed by atoms with Gasteiger partial charge in [-0.2, -0.15) is 0 Å². The Morgan fingerprint density at radius 3 is 2.75 bits per heavy atom. The molecular weight excluding hydrogens is 367 g/mol. The van der Waals surface area contributed by atoms with Gasteiger partial charge in [0.15, 0.2) is 6.61 Å². The van der Waals surface area contributed by atoms with Crippen molar-refractivity contribution in [3.63, 3.8) is 0 Å². The van der Waals surface area contributed by atoms with E-state index in [1.54, 1.807) is 6.07 Å². The van der Waals surface area contributed by atoms with Crippen molar-refractivity contribution in [2.75, 3.05) is 11.9 Å². The Hall–Kier alpha value is -1.60. The number of carbonyl (C=O) groups excluding carboxylic acids is 1. The Labute approximate surface area is 131 Å². The Bertz CT molecular complexity index is 602. The average Bonchev–Trinajstić information content (AvgIpc) is 2.48. The number of ether oxygens (including phenoxy) is 1. The summed E-state index contributed by atoms with van der Waals surface area (Å²) in [5.74, 6) is 0.457. The average molecular weight is 382 g/mol. The lowest BCUT2D eigenvalue weighted by molar-refractivity contribution is -0.118. The summed E-state index contributed by atoms with van der Waals surface area (Å²) < 4.78 is 6.44. The molecule has 0 aliphatic heterocycles.